The Morgan fingerprint density at radius 2 is 0.627 bits per heavy atom. The Labute approximate surface area is 454 Å². The number of hydrogen-bond donors (Lipinski definition) is 2. The maximum absolute atomic E-state index is 15.4. The Morgan fingerprint density at radius 1 is 0.333 bits per heavy atom. The van der Waals surface area contributed by atoms with E-state index in [1.807, 2.05) is 24.3 Å². The number of hydrogen-bond acceptors (Lipinski definition) is 4. The van der Waals surface area contributed by atoms with E-state index in [0.717, 1.165) is 76.7 Å². The van der Waals surface area contributed by atoms with Gasteiger partial charge in [-0.3, -0.25) is 9.59 Å². The van der Waals surface area contributed by atoms with Gasteiger partial charge in [-0.1, -0.05) is 207 Å². The maximum atomic E-state index is 15.4. The number of ketones is 2. The van der Waals surface area contributed by atoms with E-state index in [4.69, 9.17) is 9.97 Å². The van der Waals surface area contributed by atoms with Gasteiger partial charge in [0, 0.05) is 48.8 Å². The van der Waals surface area contributed by atoms with Gasteiger partial charge in [0.2, 0.25) is 0 Å². The first-order valence-electron chi connectivity index (χ1n) is 26.5. The summed E-state index contributed by atoms with van der Waals surface area (Å²) in [6.45, 7) is 40.1. The molecule has 2 N–H and O–H groups in total. The van der Waals surface area contributed by atoms with Crippen molar-refractivity contribution >= 4 is 61.7 Å². The van der Waals surface area contributed by atoms with Crippen LogP contribution < -0.4 is 0 Å². The first-order valence-corrected chi connectivity index (χ1v) is 27.3. The number of Topliss-reactive ketones (excluding diaryl/α,β-unsaturated/α-hetero) is 2. The van der Waals surface area contributed by atoms with Crippen LogP contribution in [0.25, 0.3) is 78.7 Å². The second-order valence-electron chi connectivity index (χ2n) is 27.2. The van der Waals surface area contributed by atoms with Gasteiger partial charge in [-0.25, -0.2) is 9.97 Å². The highest BCUT2D eigenvalue weighted by molar-refractivity contribution is 9.10. The number of fused-ring (bicyclic) bond motifs is 8. The second-order valence-corrected chi connectivity index (χ2v) is 28.1. The molecule has 0 fully saturated rings. The number of carbonyl (C=O) groups excluding carboxylic acids is 2. The van der Waals surface area contributed by atoms with Crippen LogP contribution in [0.2, 0.25) is 0 Å². The van der Waals surface area contributed by atoms with Crippen LogP contribution in [0.4, 0.5) is 0 Å². The van der Waals surface area contributed by atoms with Crippen molar-refractivity contribution < 1.29 is 9.59 Å². The number of aromatic nitrogens is 4. The molecule has 386 valence electrons. The third kappa shape index (κ3) is 10.5. The van der Waals surface area contributed by atoms with Crippen LogP contribution in [0.5, 0.6) is 0 Å². The molecule has 2 aliphatic heterocycles. The first kappa shape index (κ1) is 53.4. The van der Waals surface area contributed by atoms with E-state index in [1.165, 1.54) is 11.1 Å². The van der Waals surface area contributed by atoms with E-state index >= 15 is 9.59 Å². The SMILES string of the molecule is CC(C)(C)c1cc(-c2c3nc(c(-c4ccc(Br)cc4)c4ccc([nH]4)c(-c4cc(C(C)(C)C)cc(C(C)(C)C)c4)c4ccc([nH]4)c(-c4cc(C(C)(C)C)cc(C(C)(C)C)c4)c4nc2C(=O)C4=O)C=C3)cc(C(C)(C)C)c1. The molecular weight excluding hydrogens is 985 g/mol. The molecule has 5 heterocycles. The molecule has 7 heteroatoms. The molecule has 3 aromatic heterocycles. The third-order valence-corrected chi connectivity index (χ3v) is 15.5. The number of rotatable bonds is 4. The normalized spacial score (nSPS) is 13.8. The summed E-state index contributed by atoms with van der Waals surface area (Å²) in [7, 11) is 0. The number of nitrogens with zero attached hydrogens (tertiary/aromatic N) is 2. The molecule has 0 spiro atoms. The van der Waals surface area contributed by atoms with E-state index in [0.29, 0.717) is 28.0 Å². The summed E-state index contributed by atoms with van der Waals surface area (Å²) >= 11 is 3.69. The van der Waals surface area contributed by atoms with Crippen LogP contribution in [0.15, 0.2) is 108 Å². The summed E-state index contributed by atoms with van der Waals surface area (Å²) < 4.78 is 0.962. The monoisotopic (exact) mass is 1060 g/mol. The fourth-order valence-corrected chi connectivity index (χ4v) is 10.3. The van der Waals surface area contributed by atoms with Crippen LogP contribution >= 0.6 is 15.9 Å². The summed E-state index contributed by atoms with van der Waals surface area (Å²) in [5.41, 5.74) is 17.0. The molecule has 0 unspecified atom stereocenters. The number of H-pyrrole nitrogens is 2. The van der Waals surface area contributed by atoms with Gasteiger partial charge in [0.25, 0.3) is 11.6 Å². The van der Waals surface area contributed by atoms with Crippen molar-refractivity contribution in [2.24, 2.45) is 0 Å². The van der Waals surface area contributed by atoms with Gasteiger partial charge in [0.15, 0.2) is 0 Å². The van der Waals surface area contributed by atoms with E-state index in [-0.39, 0.29) is 43.9 Å². The predicted octanol–water partition coefficient (Wildman–Crippen LogP) is 18.8. The van der Waals surface area contributed by atoms with Crippen LogP contribution in [0.3, 0.4) is 0 Å². The molecule has 2 aliphatic rings. The van der Waals surface area contributed by atoms with Crippen LogP contribution in [0, 0.1) is 0 Å². The third-order valence-electron chi connectivity index (χ3n) is 14.9. The van der Waals surface area contributed by atoms with E-state index < -0.39 is 11.6 Å². The first-order chi connectivity index (χ1) is 34.7. The standard InChI is InChI=1S/C68H75BrN4O2/c1-63(2,3)42-29-39(30-43(35-42)64(4,5)6)56-51-24-23-49(70-51)55(38-19-21-48(69)22-20-38)50-25-27-53(71-50)57(40-31-44(65(7,8)9)36-45(32-40)66(10,11)12)59-61(74)62(75)60(73-59)58(54-28-26-52(56)72-54)41-33-46(67(13,14)15)37-47(34-41)68(16,17)18/h19-37,70,72H,1-18H3. The van der Waals surface area contributed by atoms with Crippen molar-refractivity contribution in [3.05, 3.63) is 164 Å². The fourth-order valence-electron chi connectivity index (χ4n) is 10.0. The quantitative estimate of drug-likeness (QED) is 0.172. The van der Waals surface area contributed by atoms with Gasteiger partial charge in [-0.15, -0.1) is 0 Å². The van der Waals surface area contributed by atoms with E-state index in [9.17, 15) is 0 Å². The lowest BCUT2D eigenvalue weighted by Gasteiger charge is -2.26. The van der Waals surface area contributed by atoms with Crippen molar-refractivity contribution in [3.63, 3.8) is 0 Å². The molecule has 8 bridgehead atoms. The number of halogens is 1. The topological polar surface area (TPSA) is 91.5 Å². The summed E-state index contributed by atoms with van der Waals surface area (Å²) in [6, 6.07) is 37.0. The Balaban J connectivity index is 1.56. The van der Waals surface area contributed by atoms with Crippen molar-refractivity contribution in [1.82, 2.24) is 19.9 Å². The van der Waals surface area contributed by atoms with Crippen LogP contribution in [-0.4, -0.2) is 31.5 Å². The maximum Gasteiger partial charge on any atom is 0.254 e. The molecular formula is C68H75BrN4O2. The Kier molecular flexibility index (Phi) is 13.1. The Hall–Kier alpha value is -6.44. The van der Waals surface area contributed by atoms with Crippen molar-refractivity contribution in [1.29, 1.82) is 0 Å². The fraction of sp³-hybridized carbons (Fsp3) is 0.353. The zero-order valence-electron chi connectivity index (χ0n) is 47.6. The zero-order chi connectivity index (χ0) is 54.7. The zero-order valence-corrected chi connectivity index (χ0v) is 49.1. The molecule has 0 saturated carbocycles. The lowest BCUT2D eigenvalue weighted by molar-refractivity contribution is 0.0826. The second kappa shape index (κ2) is 18.4. The molecule has 7 aromatic rings. The number of aromatic amines is 2. The van der Waals surface area contributed by atoms with E-state index in [2.05, 4.69) is 242 Å². The molecule has 0 saturated heterocycles. The molecule has 75 heavy (non-hydrogen) atoms. The van der Waals surface area contributed by atoms with Crippen molar-refractivity contribution in [3.8, 4) is 44.5 Å². The molecule has 6 nitrogen and oxygen atoms in total. The molecule has 0 aliphatic carbocycles. The van der Waals surface area contributed by atoms with Gasteiger partial charge in [-0.05, 0) is 137 Å². The molecule has 0 radical (unpaired) electrons. The summed E-state index contributed by atoms with van der Waals surface area (Å²) in [5.74, 6) is -1.31. The van der Waals surface area contributed by atoms with Gasteiger partial charge < -0.3 is 9.97 Å². The minimum Gasteiger partial charge on any atom is -0.354 e. The number of benzene rings is 4. The van der Waals surface area contributed by atoms with Gasteiger partial charge in [0.1, 0.15) is 11.4 Å². The Morgan fingerprint density at radius 3 is 0.987 bits per heavy atom. The van der Waals surface area contributed by atoms with Gasteiger partial charge in [-0.2, -0.15) is 0 Å². The number of carbonyl (C=O) groups is 2. The van der Waals surface area contributed by atoms with Crippen LogP contribution in [-0.2, 0) is 32.5 Å². The summed E-state index contributed by atoms with van der Waals surface area (Å²) in [6.07, 6.45) is 4.02. The largest absolute Gasteiger partial charge is 0.354 e. The average Bonchev–Trinajstić information content (AvgIpc) is 4.13. The van der Waals surface area contributed by atoms with E-state index in [1.54, 1.807) is 0 Å². The van der Waals surface area contributed by atoms with Gasteiger partial charge >= 0.3 is 0 Å². The van der Waals surface area contributed by atoms with Crippen LogP contribution in [0.1, 0.15) is 190 Å². The molecule has 4 aromatic carbocycles. The lowest BCUT2D eigenvalue weighted by Crippen LogP contribution is -2.17. The Bertz CT molecular complexity index is 3590. The average molecular weight is 1060 g/mol. The number of nitrogens with one attached hydrogen (secondary N) is 2. The predicted molar refractivity (Wildman–Crippen MR) is 320 cm³/mol. The van der Waals surface area contributed by atoms with Crippen molar-refractivity contribution in [2.45, 2.75) is 157 Å². The highest BCUT2D eigenvalue weighted by Crippen LogP contribution is 2.44. The highest BCUT2D eigenvalue weighted by atomic mass is 79.9. The van der Waals surface area contributed by atoms with Gasteiger partial charge in [0.05, 0.1) is 11.4 Å². The molecule has 9 rings (SSSR count). The highest BCUT2D eigenvalue weighted by Gasteiger charge is 2.36. The molecule has 0 amide bonds. The lowest BCUT2D eigenvalue weighted by atomic mass is 9.78. The smallest absolute Gasteiger partial charge is 0.254 e. The summed E-state index contributed by atoms with van der Waals surface area (Å²) in [4.78, 5) is 49.5. The minimum atomic E-state index is -0.661. The molecule has 0 atom stereocenters. The van der Waals surface area contributed by atoms with Crippen molar-refractivity contribution in [2.75, 3.05) is 0 Å². The summed E-state index contributed by atoms with van der Waals surface area (Å²) in [5, 5.41) is 0. The minimum absolute atomic E-state index is 0.0817.